The van der Waals surface area contributed by atoms with Crippen LogP contribution in [0.15, 0.2) is 36.5 Å². The molecular formula is C12H12N4O2. The maximum absolute atomic E-state index is 12.0. The van der Waals surface area contributed by atoms with Gasteiger partial charge in [-0.2, -0.15) is 5.10 Å². The first-order valence-electron chi connectivity index (χ1n) is 5.63. The van der Waals surface area contributed by atoms with Gasteiger partial charge in [-0.25, -0.2) is 0 Å². The topological polar surface area (TPSA) is 79.0 Å². The highest BCUT2D eigenvalue weighted by Gasteiger charge is 2.25. The number of carbonyl (C=O) groups excluding carboxylic acids is 1. The molecule has 0 bridgehead atoms. The van der Waals surface area contributed by atoms with E-state index in [0.29, 0.717) is 18.1 Å². The minimum absolute atomic E-state index is 0.207. The molecule has 0 saturated carbocycles. The predicted molar refractivity (Wildman–Crippen MR) is 66.6 cm³/mol. The number of anilines is 2. The molecule has 1 aromatic carbocycles. The van der Waals surface area contributed by atoms with Crippen LogP contribution in [0.3, 0.4) is 0 Å². The van der Waals surface area contributed by atoms with Crippen LogP contribution in [0.4, 0.5) is 11.5 Å². The van der Waals surface area contributed by atoms with Gasteiger partial charge in [-0.1, -0.05) is 12.1 Å². The Morgan fingerprint density at radius 3 is 3.11 bits per heavy atom. The van der Waals surface area contributed by atoms with Crippen molar-refractivity contribution in [1.29, 1.82) is 0 Å². The lowest BCUT2D eigenvalue weighted by atomic mass is 10.2. The SMILES string of the molecule is O=C(Nc1ccn[nH]1)C1CNc2ccccc2O1. The van der Waals surface area contributed by atoms with Crippen LogP contribution >= 0.6 is 0 Å². The fourth-order valence-electron chi connectivity index (χ4n) is 1.80. The zero-order valence-electron chi connectivity index (χ0n) is 9.51. The van der Waals surface area contributed by atoms with Gasteiger partial charge in [-0.15, -0.1) is 0 Å². The van der Waals surface area contributed by atoms with Gasteiger partial charge in [-0.3, -0.25) is 9.89 Å². The average Bonchev–Trinajstić information content (AvgIpc) is 2.91. The van der Waals surface area contributed by atoms with Crippen molar-refractivity contribution in [3.05, 3.63) is 36.5 Å². The molecule has 0 radical (unpaired) electrons. The van der Waals surface area contributed by atoms with Gasteiger partial charge in [-0.05, 0) is 12.1 Å². The van der Waals surface area contributed by atoms with Gasteiger partial charge in [0, 0.05) is 6.07 Å². The number of amides is 1. The number of nitrogens with zero attached hydrogens (tertiary/aromatic N) is 1. The quantitative estimate of drug-likeness (QED) is 0.742. The number of hydrogen-bond donors (Lipinski definition) is 3. The van der Waals surface area contributed by atoms with Crippen LogP contribution in [0.25, 0.3) is 0 Å². The standard InChI is InChI=1S/C12H12N4O2/c17-12(15-11-5-6-14-16-11)10-7-13-8-3-1-2-4-9(8)18-10/h1-6,10,13H,7H2,(H2,14,15,16,17). The molecular weight excluding hydrogens is 232 g/mol. The maximum Gasteiger partial charge on any atom is 0.268 e. The number of para-hydroxylation sites is 2. The van der Waals surface area contributed by atoms with E-state index in [4.69, 9.17) is 4.74 Å². The lowest BCUT2D eigenvalue weighted by Gasteiger charge is -2.26. The molecule has 1 atom stereocenters. The van der Waals surface area contributed by atoms with Crippen molar-refractivity contribution >= 4 is 17.4 Å². The summed E-state index contributed by atoms with van der Waals surface area (Å²) >= 11 is 0. The van der Waals surface area contributed by atoms with Gasteiger partial charge in [0.05, 0.1) is 18.4 Å². The van der Waals surface area contributed by atoms with Crippen molar-refractivity contribution in [2.45, 2.75) is 6.10 Å². The van der Waals surface area contributed by atoms with Crippen LogP contribution in [0.2, 0.25) is 0 Å². The number of benzene rings is 1. The largest absolute Gasteiger partial charge is 0.477 e. The molecule has 2 heterocycles. The van der Waals surface area contributed by atoms with E-state index in [1.165, 1.54) is 0 Å². The van der Waals surface area contributed by atoms with Crippen LogP contribution in [0, 0.1) is 0 Å². The predicted octanol–water partition coefficient (Wildman–Crippen LogP) is 1.22. The van der Waals surface area contributed by atoms with E-state index >= 15 is 0 Å². The highest BCUT2D eigenvalue weighted by atomic mass is 16.5. The maximum atomic E-state index is 12.0. The van der Waals surface area contributed by atoms with Crippen LogP contribution < -0.4 is 15.4 Å². The van der Waals surface area contributed by atoms with Crippen LogP contribution in [-0.2, 0) is 4.79 Å². The van der Waals surface area contributed by atoms with Gasteiger partial charge < -0.3 is 15.4 Å². The number of carbonyl (C=O) groups is 1. The Labute approximate surface area is 103 Å². The van der Waals surface area contributed by atoms with Crippen molar-refractivity contribution in [3.63, 3.8) is 0 Å². The van der Waals surface area contributed by atoms with E-state index in [9.17, 15) is 4.79 Å². The van der Waals surface area contributed by atoms with Gasteiger partial charge in [0.15, 0.2) is 6.10 Å². The normalized spacial score (nSPS) is 17.2. The minimum Gasteiger partial charge on any atom is -0.477 e. The summed E-state index contributed by atoms with van der Waals surface area (Å²) in [7, 11) is 0. The molecule has 1 unspecified atom stereocenters. The van der Waals surface area contributed by atoms with E-state index in [0.717, 1.165) is 5.69 Å². The number of aromatic nitrogens is 2. The molecule has 0 fully saturated rings. The smallest absolute Gasteiger partial charge is 0.268 e. The van der Waals surface area contributed by atoms with Crippen molar-refractivity contribution in [2.24, 2.45) is 0 Å². The third-order valence-electron chi connectivity index (χ3n) is 2.69. The number of ether oxygens (including phenoxy) is 1. The molecule has 92 valence electrons. The van der Waals surface area contributed by atoms with Crippen molar-refractivity contribution in [1.82, 2.24) is 10.2 Å². The second-order valence-corrected chi connectivity index (χ2v) is 3.94. The zero-order valence-corrected chi connectivity index (χ0v) is 9.51. The first kappa shape index (κ1) is 10.6. The van der Waals surface area contributed by atoms with Crippen molar-refractivity contribution in [2.75, 3.05) is 17.2 Å². The highest BCUT2D eigenvalue weighted by molar-refractivity contribution is 5.94. The Kier molecular flexibility index (Phi) is 2.60. The fourth-order valence-corrected chi connectivity index (χ4v) is 1.80. The lowest BCUT2D eigenvalue weighted by molar-refractivity contribution is -0.122. The molecule has 6 nitrogen and oxygen atoms in total. The average molecular weight is 244 g/mol. The second-order valence-electron chi connectivity index (χ2n) is 3.94. The molecule has 0 aliphatic carbocycles. The van der Waals surface area contributed by atoms with Crippen LogP contribution in [-0.4, -0.2) is 28.8 Å². The number of rotatable bonds is 2. The number of aromatic amines is 1. The van der Waals surface area contributed by atoms with E-state index in [1.807, 2.05) is 24.3 Å². The minimum atomic E-state index is -0.553. The molecule has 0 spiro atoms. The summed E-state index contributed by atoms with van der Waals surface area (Å²) in [5.74, 6) is 1.04. The molecule has 3 N–H and O–H groups in total. The first-order valence-corrected chi connectivity index (χ1v) is 5.63. The highest BCUT2D eigenvalue weighted by Crippen LogP contribution is 2.28. The van der Waals surface area contributed by atoms with Gasteiger partial charge >= 0.3 is 0 Å². The van der Waals surface area contributed by atoms with Gasteiger partial charge in [0.25, 0.3) is 5.91 Å². The lowest BCUT2D eigenvalue weighted by Crippen LogP contribution is -2.41. The number of H-pyrrole nitrogens is 1. The molecule has 1 aromatic heterocycles. The van der Waals surface area contributed by atoms with Crippen LogP contribution in [0.5, 0.6) is 5.75 Å². The number of nitrogens with one attached hydrogen (secondary N) is 3. The van der Waals surface area contributed by atoms with Crippen molar-refractivity contribution < 1.29 is 9.53 Å². The second kappa shape index (κ2) is 4.40. The van der Waals surface area contributed by atoms with E-state index in [2.05, 4.69) is 20.8 Å². The molecule has 2 aromatic rings. The van der Waals surface area contributed by atoms with E-state index < -0.39 is 6.10 Å². The summed E-state index contributed by atoms with van der Waals surface area (Å²) in [6.45, 7) is 0.441. The molecule has 1 amide bonds. The Bertz CT molecular complexity index is 553. The Hall–Kier alpha value is -2.50. The third-order valence-corrected chi connectivity index (χ3v) is 2.69. The summed E-state index contributed by atoms with van der Waals surface area (Å²) in [6, 6.07) is 9.22. The van der Waals surface area contributed by atoms with Gasteiger partial charge in [0.2, 0.25) is 0 Å². The van der Waals surface area contributed by atoms with E-state index in [1.54, 1.807) is 12.3 Å². The molecule has 6 heteroatoms. The van der Waals surface area contributed by atoms with Crippen LogP contribution in [0.1, 0.15) is 0 Å². The molecule has 1 aliphatic heterocycles. The van der Waals surface area contributed by atoms with Crippen molar-refractivity contribution in [3.8, 4) is 5.75 Å². The van der Waals surface area contributed by atoms with Gasteiger partial charge in [0.1, 0.15) is 11.6 Å². The number of hydrogen-bond acceptors (Lipinski definition) is 4. The monoisotopic (exact) mass is 244 g/mol. The Balaban J connectivity index is 1.70. The molecule has 18 heavy (non-hydrogen) atoms. The number of fused-ring (bicyclic) bond motifs is 1. The molecule has 0 saturated heterocycles. The van der Waals surface area contributed by atoms with E-state index in [-0.39, 0.29) is 5.91 Å². The fraction of sp³-hybridized carbons (Fsp3) is 0.167. The molecule has 3 rings (SSSR count). The summed E-state index contributed by atoms with van der Waals surface area (Å²) in [6.07, 6.45) is 1.02. The Morgan fingerprint density at radius 1 is 1.39 bits per heavy atom. The Morgan fingerprint density at radius 2 is 2.28 bits per heavy atom. The first-order chi connectivity index (χ1) is 8.83. The summed E-state index contributed by atoms with van der Waals surface area (Å²) < 4.78 is 5.63. The summed E-state index contributed by atoms with van der Waals surface area (Å²) in [5, 5.41) is 12.3. The summed E-state index contributed by atoms with van der Waals surface area (Å²) in [4.78, 5) is 12.0. The summed E-state index contributed by atoms with van der Waals surface area (Å²) in [5.41, 5.74) is 0.906. The molecule has 1 aliphatic rings. The third kappa shape index (κ3) is 2.00. The zero-order chi connectivity index (χ0) is 12.4.